The van der Waals surface area contributed by atoms with Crippen LogP contribution in [0.25, 0.3) is 0 Å². The van der Waals surface area contributed by atoms with Crippen molar-refractivity contribution >= 4 is 28.9 Å². The van der Waals surface area contributed by atoms with Gasteiger partial charge in [0.15, 0.2) is 0 Å². The largest absolute Gasteiger partial charge is 0.375 e. The lowest BCUT2D eigenvalue weighted by atomic mass is 9.77. The van der Waals surface area contributed by atoms with Crippen LogP contribution in [-0.2, 0) is 0 Å². The first kappa shape index (κ1) is 14.1. The maximum atomic E-state index is 14.3. The average molecular weight is 334 g/mol. The van der Waals surface area contributed by atoms with Crippen molar-refractivity contribution in [1.82, 2.24) is 0 Å². The van der Waals surface area contributed by atoms with Gasteiger partial charge in [0.1, 0.15) is 5.82 Å². The number of allylic oxidation sites excluding steroid dienone is 2. The Morgan fingerprint density at radius 3 is 2.68 bits per heavy atom. The minimum atomic E-state index is -0.223. The van der Waals surface area contributed by atoms with Crippen LogP contribution >= 0.6 is 23.2 Å². The van der Waals surface area contributed by atoms with Gasteiger partial charge in [-0.25, -0.2) is 4.39 Å². The topological polar surface area (TPSA) is 12.0 Å². The second-order valence-corrected chi connectivity index (χ2v) is 6.61. The second kappa shape index (κ2) is 5.29. The molecule has 0 unspecified atom stereocenters. The second-order valence-electron chi connectivity index (χ2n) is 5.82. The number of hydrogen-bond acceptors (Lipinski definition) is 1. The van der Waals surface area contributed by atoms with E-state index in [1.807, 2.05) is 18.2 Å². The van der Waals surface area contributed by atoms with Crippen molar-refractivity contribution in [3.63, 3.8) is 0 Å². The first-order valence-electron chi connectivity index (χ1n) is 7.32. The van der Waals surface area contributed by atoms with Gasteiger partial charge in [0, 0.05) is 5.92 Å². The van der Waals surface area contributed by atoms with Crippen LogP contribution in [-0.4, -0.2) is 0 Å². The molecule has 3 atom stereocenters. The van der Waals surface area contributed by atoms with Crippen LogP contribution in [0.3, 0.4) is 0 Å². The maximum Gasteiger partial charge on any atom is 0.146 e. The van der Waals surface area contributed by atoms with E-state index in [1.165, 1.54) is 6.07 Å². The van der Waals surface area contributed by atoms with Gasteiger partial charge in [0.25, 0.3) is 0 Å². The maximum absolute atomic E-state index is 14.3. The van der Waals surface area contributed by atoms with Gasteiger partial charge in [-0.2, -0.15) is 0 Å². The zero-order valence-corrected chi connectivity index (χ0v) is 13.2. The molecule has 0 bridgehead atoms. The molecule has 1 heterocycles. The Kier molecular flexibility index (Phi) is 3.39. The van der Waals surface area contributed by atoms with Crippen molar-refractivity contribution in [2.24, 2.45) is 5.92 Å². The van der Waals surface area contributed by atoms with Crippen molar-refractivity contribution in [1.29, 1.82) is 0 Å². The minimum absolute atomic E-state index is 0.0457. The van der Waals surface area contributed by atoms with E-state index in [0.29, 0.717) is 21.7 Å². The molecule has 0 spiro atoms. The summed E-state index contributed by atoms with van der Waals surface area (Å²) in [5.41, 5.74) is 2.53. The first-order valence-corrected chi connectivity index (χ1v) is 8.08. The zero-order chi connectivity index (χ0) is 15.3. The van der Waals surface area contributed by atoms with E-state index in [-0.39, 0.29) is 17.8 Å². The highest BCUT2D eigenvalue weighted by atomic mass is 35.5. The monoisotopic (exact) mass is 333 g/mol. The molecule has 2 aromatic carbocycles. The molecule has 0 radical (unpaired) electrons. The van der Waals surface area contributed by atoms with Gasteiger partial charge in [-0.3, -0.25) is 0 Å². The number of nitrogens with one attached hydrogen (secondary N) is 1. The van der Waals surface area contributed by atoms with Crippen LogP contribution in [0.15, 0.2) is 48.6 Å². The van der Waals surface area contributed by atoms with Crippen LogP contribution in [0.1, 0.15) is 29.5 Å². The number of para-hydroxylation sites is 1. The summed E-state index contributed by atoms with van der Waals surface area (Å²) in [5, 5.41) is 4.44. The van der Waals surface area contributed by atoms with Gasteiger partial charge >= 0.3 is 0 Å². The van der Waals surface area contributed by atoms with Crippen LogP contribution in [0.4, 0.5) is 10.1 Å². The Balaban J connectivity index is 1.86. The van der Waals surface area contributed by atoms with Gasteiger partial charge < -0.3 is 5.32 Å². The molecular formula is C18H14Cl2FN. The molecular weight excluding hydrogens is 320 g/mol. The molecule has 1 N–H and O–H groups in total. The summed E-state index contributed by atoms with van der Waals surface area (Å²) in [4.78, 5) is 0. The molecule has 0 saturated heterocycles. The number of benzene rings is 2. The van der Waals surface area contributed by atoms with E-state index in [4.69, 9.17) is 23.2 Å². The van der Waals surface area contributed by atoms with Crippen molar-refractivity contribution in [3.05, 3.63) is 75.5 Å². The molecule has 4 rings (SSSR count). The Morgan fingerprint density at radius 1 is 1.05 bits per heavy atom. The third kappa shape index (κ3) is 2.05. The quantitative estimate of drug-likeness (QED) is 0.635. The van der Waals surface area contributed by atoms with Crippen LogP contribution in [0.5, 0.6) is 0 Å². The fraction of sp³-hybridized carbons (Fsp3) is 0.222. The minimum Gasteiger partial charge on any atom is -0.375 e. The van der Waals surface area contributed by atoms with Crippen molar-refractivity contribution in [2.75, 3.05) is 5.32 Å². The zero-order valence-electron chi connectivity index (χ0n) is 11.7. The molecule has 2 aliphatic rings. The number of fused-ring (bicyclic) bond motifs is 3. The highest BCUT2D eigenvalue weighted by Gasteiger charge is 2.39. The molecule has 0 aromatic heterocycles. The lowest BCUT2D eigenvalue weighted by molar-refractivity contribution is 0.421. The number of anilines is 1. The van der Waals surface area contributed by atoms with Crippen molar-refractivity contribution in [2.45, 2.75) is 18.4 Å². The smallest absolute Gasteiger partial charge is 0.146 e. The Labute approximate surface area is 138 Å². The molecule has 112 valence electrons. The fourth-order valence-electron chi connectivity index (χ4n) is 3.65. The molecule has 22 heavy (non-hydrogen) atoms. The highest BCUT2D eigenvalue weighted by molar-refractivity contribution is 6.42. The third-order valence-electron chi connectivity index (χ3n) is 4.66. The van der Waals surface area contributed by atoms with E-state index in [2.05, 4.69) is 17.5 Å². The number of halogens is 3. The predicted molar refractivity (Wildman–Crippen MR) is 89.2 cm³/mol. The van der Waals surface area contributed by atoms with E-state index >= 15 is 0 Å². The SMILES string of the molecule is Fc1cccc2c1N[C@H](c1cccc(Cl)c1Cl)[C@H]1CC=C[C@@H]21. The first-order chi connectivity index (χ1) is 10.7. The van der Waals surface area contributed by atoms with E-state index in [0.717, 1.165) is 17.5 Å². The summed E-state index contributed by atoms with van der Waals surface area (Å²) >= 11 is 12.6. The van der Waals surface area contributed by atoms with E-state index < -0.39 is 0 Å². The molecule has 1 aliphatic heterocycles. The Bertz CT molecular complexity index is 772. The average Bonchev–Trinajstić information content (AvgIpc) is 3.00. The molecule has 2 aromatic rings. The molecule has 1 aliphatic carbocycles. The molecule has 0 saturated carbocycles. The summed E-state index contributed by atoms with van der Waals surface area (Å²) in [6.07, 6.45) is 5.29. The molecule has 0 amide bonds. The summed E-state index contributed by atoms with van der Waals surface area (Å²) < 4.78 is 14.3. The fourth-order valence-corrected chi connectivity index (χ4v) is 4.08. The predicted octanol–water partition coefficient (Wildman–Crippen LogP) is 5.96. The molecule has 0 fully saturated rings. The van der Waals surface area contributed by atoms with Crippen LogP contribution < -0.4 is 5.32 Å². The van der Waals surface area contributed by atoms with Crippen molar-refractivity contribution in [3.8, 4) is 0 Å². The van der Waals surface area contributed by atoms with Crippen LogP contribution in [0.2, 0.25) is 10.0 Å². The van der Waals surface area contributed by atoms with Gasteiger partial charge in [-0.1, -0.05) is 59.6 Å². The van der Waals surface area contributed by atoms with E-state index in [1.54, 1.807) is 12.1 Å². The van der Waals surface area contributed by atoms with E-state index in [9.17, 15) is 4.39 Å². The van der Waals surface area contributed by atoms with Gasteiger partial charge in [0.2, 0.25) is 0 Å². The Morgan fingerprint density at radius 2 is 1.82 bits per heavy atom. The molecule has 4 heteroatoms. The van der Waals surface area contributed by atoms with Gasteiger partial charge in [-0.05, 0) is 35.6 Å². The Hall–Kier alpha value is -1.51. The van der Waals surface area contributed by atoms with Gasteiger partial charge in [0.05, 0.1) is 21.8 Å². The number of hydrogen-bond donors (Lipinski definition) is 1. The lowest BCUT2D eigenvalue weighted by Gasteiger charge is -2.38. The van der Waals surface area contributed by atoms with Gasteiger partial charge in [-0.15, -0.1) is 0 Å². The third-order valence-corrected chi connectivity index (χ3v) is 5.50. The van der Waals surface area contributed by atoms with Crippen LogP contribution in [0, 0.1) is 11.7 Å². The summed E-state index contributed by atoms with van der Waals surface area (Å²) in [6, 6.07) is 10.8. The standard InChI is InChI=1S/C18H14Cl2FN/c19-14-8-2-7-13(16(14)20)17-11-5-1-4-10(11)12-6-3-9-15(21)18(12)22-17/h1-4,6-11,17,22H,5H2/t10-,11+,17+/m1/s1. The summed E-state index contributed by atoms with van der Waals surface area (Å²) in [6.45, 7) is 0. The summed E-state index contributed by atoms with van der Waals surface area (Å²) in [7, 11) is 0. The highest BCUT2D eigenvalue weighted by Crippen LogP contribution is 2.51. The number of rotatable bonds is 1. The lowest BCUT2D eigenvalue weighted by Crippen LogP contribution is -2.29. The normalized spacial score (nSPS) is 25.5. The molecule has 1 nitrogen and oxygen atoms in total. The summed E-state index contributed by atoms with van der Waals surface area (Å²) in [5.74, 6) is 0.316. The van der Waals surface area contributed by atoms with Crippen molar-refractivity contribution < 1.29 is 4.39 Å².